The number of nitrogens with zero attached hydrogens (tertiary/aromatic N) is 2. The Morgan fingerprint density at radius 1 is 1.35 bits per heavy atom. The fourth-order valence-electron chi connectivity index (χ4n) is 2.23. The maximum absolute atomic E-state index is 4.62. The van der Waals surface area contributed by atoms with E-state index in [1.165, 1.54) is 17.5 Å². The van der Waals surface area contributed by atoms with Gasteiger partial charge in [-0.1, -0.05) is 13.0 Å². The highest BCUT2D eigenvalue weighted by molar-refractivity contribution is 5.76. The fraction of sp³-hybridized carbons (Fsp3) is 0.500. The van der Waals surface area contributed by atoms with Gasteiger partial charge in [0.05, 0.1) is 11.0 Å². The third-order valence-corrected chi connectivity index (χ3v) is 3.25. The van der Waals surface area contributed by atoms with Crippen molar-refractivity contribution in [3.63, 3.8) is 0 Å². The number of hydrogen-bond donors (Lipinski definition) is 1. The van der Waals surface area contributed by atoms with Crippen molar-refractivity contribution in [2.75, 3.05) is 13.6 Å². The summed E-state index contributed by atoms with van der Waals surface area (Å²) in [6, 6.07) is 6.62. The van der Waals surface area contributed by atoms with Gasteiger partial charge in [-0.2, -0.15) is 0 Å². The lowest BCUT2D eigenvalue weighted by molar-refractivity contribution is 0.725. The van der Waals surface area contributed by atoms with Crippen LogP contribution in [-0.4, -0.2) is 23.1 Å². The van der Waals surface area contributed by atoms with Crippen molar-refractivity contribution in [1.82, 2.24) is 14.9 Å². The van der Waals surface area contributed by atoms with Crippen LogP contribution in [0.4, 0.5) is 0 Å². The topological polar surface area (TPSA) is 29.9 Å². The quantitative estimate of drug-likeness (QED) is 0.800. The average molecular weight is 231 g/mol. The van der Waals surface area contributed by atoms with Gasteiger partial charge in [-0.05, 0) is 44.1 Å². The molecule has 0 radical (unpaired) electrons. The van der Waals surface area contributed by atoms with E-state index in [1.54, 1.807) is 0 Å². The molecule has 0 saturated carbocycles. The lowest BCUT2D eigenvalue weighted by atomic mass is 10.1. The van der Waals surface area contributed by atoms with Crippen LogP contribution in [0, 0.1) is 0 Å². The molecule has 2 aromatic rings. The Morgan fingerprint density at radius 2 is 2.18 bits per heavy atom. The molecule has 17 heavy (non-hydrogen) atoms. The van der Waals surface area contributed by atoms with E-state index in [9.17, 15) is 0 Å². The van der Waals surface area contributed by atoms with Gasteiger partial charge < -0.3 is 9.88 Å². The lowest BCUT2D eigenvalue weighted by Gasteiger charge is -2.03. The van der Waals surface area contributed by atoms with Crippen LogP contribution in [0.3, 0.4) is 0 Å². The number of aryl methyl sites for hydroxylation is 3. The Morgan fingerprint density at radius 3 is 2.88 bits per heavy atom. The van der Waals surface area contributed by atoms with Crippen LogP contribution in [0.2, 0.25) is 0 Å². The lowest BCUT2D eigenvalue weighted by Crippen LogP contribution is -2.08. The molecule has 1 aromatic heterocycles. The predicted molar refractivity (Wildman–Crippen MR) is 72.3 cm³/mol. The van der Waals surface area contributed by atoms with Crippen LogP contribution in [0.15, 0.2) is 18.2 Å². The zero-order chi connectivity index (χ0) is 12.3. The highest BCUT2D eigenvalue weighted by atomic mass is 15.1. The van der Waals surface area contributed by atoms with E-state index in [2.05, 4.69) is 47.0 Å². The van der Waals surface area contributed by atoms with E-state index in [1.807, 2.05) is 7.05 Å². The Labute approximate surface area is 103 Å². The number of nitrogens with one attached hydrogen (secondary N) is 1. The molecule has 0 aliphatic carbocycles. The van der Waals surface area contributed by atoms with Crippen molar-refractivity contribution in [3.8, 4) is 0 Å². The summed E-state index contributed by atoms with van der Waals surface area (Å²) in [6.45, 7) is 3.22. The van der Waals surface area contributed by atoms with Crippen molar-refractivity contribution < 1.29 is 0 Å². The van der Waals surface area contributed by atoms with Crippen LogP contribution in [-0.2, 0) is 19.9 Å². The van der Waals surface area contributed by atoms with Crippen molar-refractivity contribution in [1.29, 1.82) is 0 Å². The first kappa shape index (κ1) is 12.1. The molecule has 0 aliphatic rings. The number of imidazole rings is 1. The molecular formula is C14H21N3. The molecule has 1 heterocycles. The summed E-state index contributed by atoms with van der Waals surface area (Å²) in [5.41, 5.74) is 3.77. The molecule has 0 bridgehead atoms. The zero-order valence-electron chi connectivity index (χ0n) is 11.0. The minimum absolute atomic E-state index is 0.986. The molecule has 0 spiro atoms. The first-order chi connectivity index (χ1) is 8.26. The van der Waals surface area contributed by atoms with Gasteiger partial charge in [0.1, 0.15) is 5.82 Å². The number of rotatable bonds is 5. The maximum Gasteiger partial charge on any atom is 0.109 e. The second kappa shape index (κ2) is 5.32. The molecule has 92 valence electrons. The molecule has 0 amide bonds. The first-order valence-corrected chi connectivity index (χ1v) is 6.35. The summed E-state index contributed by atoms with van der Waals surface area (Å²) in [5.74, 6) is 1.16. The summed E-state index contributed by atoms with van der Waals surface area (Å²) in [6.07, 6.45) is 3.30. The van der Waals surface area contributed by atoms with E-state index in [4.69, 9.17) is 0 Å². The Hall–Kier alpha value is -1.35. The second-order valence-electron chi connectivity index (χ2n) is 4.47. The summed E-state index contributed by atoms with van der Waals surface area (Å²) in [4.78, 5) is 4.62. The summed E-state index contributed by atoms with van der Waals surface area (Å²) < 4.78 is 2.21. The summed E-state index contributed by atoms with van der Waals surface area (Å²) in [7, 11) is 4.10. The van der Waals surface area contributed by atoms with Crippen molar-refractivity contribution in [2.24, 2.45) is 7.05 Å². The largest absolute Gasteiger partial charge is 0.331 e. The van der Waals surface area contributed by atoms with Crippen LogP contribution in [0.1, 0.15) is 24.7 Å². The molecule has 3 heteroatoms. The standard InChI is InChI=1S/C14H21N3/c1-4-14-16-12-8-7-11(6-5-9-15-2)10-13(12)17(14)3/h7-8,10,15H,4-6,9H2,1-3H3. The molecule has 0 saturated heterocycles. The Kier molecular flexibility index (Phi) is 3.79. The van der Waals surface area contributed by atoms with E-state index < -0.39 is 0 Å². The molecule has 0 unspecified atom stereocenters. The van der Waals surface area contributed by atoms with Gasteiger partial charge in [-0.3, -0.25) is 0 Å². The van der Waals surface area contributed by atoms with E-state index >= 15 is 0 Å². The van der Waals surface area contributed by atoms with Crippen LogP contribution in [0.25, 0.3) is 11.0 Å². The zero-order valence-corrected chi connectivity index (χ0v) is 11.0. The SMILES string of the molecule is CCc1nc2ccc(CCCNC)cc2n1C. The van der Waals surface area contributed by atoms with Crippen LogP contribution in [0.5, 0.6) is 0 Å². The van der Waals surface area contributed by atoms with Crippen LogP contribution < -0.4 is 5.32 Å². The van der Waals surface area contributed by atoms with Crippen molar-refractivity contribution >= 4 is 11.0 Å². The highest BCUT2D eigenvalue weighted by Crippen LogP contribution is 2.18. The van der Waals surface area contributed by atoms with Gasteiger partial charge in [-0.25, -0.2) is 4.98 Å². The Balaban J connectivity index is 2.26. The number of aromatic nitrogens is 2. The summed E-state index contributed by atoms with van der Waals surface area (Å²) in [5, 5.41) is 3.18. The van der Waals surface area contributed by atoms with E-state index in [0.717, 1.165) is 30.7 Å². The highest BCUT2D eigenvalue weighted by Gasteiger charge is 2.06. The van der Waals surface area contributed by atoms with Crippen molar-refractivity contribution in [3.05, 3.63) is 29.6 Å². The van der Waals surface area contributed by atoms with Gasteiger partial charge in [0.2, 0.25) is 0 Å². The number of benzene rings is 1. The van der Waals surface area contributed by atoms with Crippen LogP contribution >= 0.6 is 0 Å². The van der Waals surface area contributed by atoms with Gasteiger partial charge in [-0.15, -0.1) is 0 Å². The summed E-state index contributed by atoms with van der Waals surface area (Å²) >= 11 is 0. The third kappa shape index (κ3) is 2.50. The monoisotopic (exact) mass is 231 g/mol. The molecule has 1 aromatic carbocycles. The molecule has 3 nitrogen and oxygen atoms in total. The van der Waals surface area contributed by atoms with Crippen molar-refractivity contribution in [2.45, 2.75) is 26.2 Å². The average Bonchev–Trinajstić information content (AvgIpc) is 2.67. The fourth-order valence-corrected chi connectivity index (χ4v) is 2.23. The smallest absolute Gasteiger partial charge is 0.109 e. The molecule has 2 rings (SSSR count). The molecule has 0 atom stereocenters. The maximum atomic E-state index is 4.62. The Bertz CT molecular complexity index is 499. The van der Waals surface area contributed by atoms with E-state index in [0.29, 0.717) is 0 Å². The van der Waals surface area contributed by atoms with Gasteiger partial charge in [0, 0.05) is 13.5 Å². The normalized spacial score (nSPS) is 11.2. The number of hydrogen-bond acceptors (Lipinski definition) is 2. The predicted octanol–water partition coefficient (Wildman–Crippen LogP) is 2.29. The second-order valence-corrected chi connectivity index (χ2v) is 4.47. The van der Waals surface area contributed by atoms with Gasteiger partial charge in [0.15, 0.2) is 0 Å². The minimum atomic E-state index is 0.986. The minimum Gasteiger partial charge on any atom is -0.331 e. The molecular weight excluding hydrogens is 210 g/mol. The first-order valence-electron chi connectivity index (χ1n) is 6.35. The third-order valence-electron chi connectivity index (χ3n) is 3.25. The van der Waals surface area contributed by atoms with Gasteiger partial charge in [0.25, 0.3) is 0 Å². The van der Waals surface area contributed by atoms with E-state index in [-0.39, 0.29) is 0 Å². The molecule has 0 fully saturated rings. The van der Waals surface area contributed by atoms with Gasteiger partial charge >= 0.3 is 0 Å². The molecule has 0 aliphatic heterocycles. The molecule has 1 N–H and O–H groups in total. The number of fused-ring (bicyclic) bond motifs is 1.